The predicted molar refractivity (Wildman–Crippen MR) is 111 cm³/mol. The van der Waals surface area contributed by atoms with Gasteiger partial charge in [-0.2, -0.15) is 0 Å². The van der Waals surface area contributed by atoms with Crippen LogP contribution in [0.25, 0.3) is 22.9 Å². The normalized spacial score (nSPS) is 10.6. The zero-order valence-electron chi connectivity index (χ0n) is 14.9. The molecule has 1 aromatic heterocycles. The summed E-state index contributed by atoms with van der Waals surface area (Å²) in [4.78, 5) is 13.3. The molecule has 0 fully saturated rings. The van der Waals surface area contributed by atoms with Crippen molar-refractivity contribution in [1.29, 1.82) is 0 Å². The third kappa shape index (κ3) is 4.47. The number of amides is 1. The minimum atomic E-state index is -0.0680. The molecule has 1 amide bonds. The van der Waals surface area contributed by atoms with Gasteiger partial charge in [-0.15, -0.1) is 22.0 Å². The number of carbonyl (C=O) groups excluding carboxylic acids is 1. The van der Waals surface area contributed by atoms with Gasteiger partial charge < -0.3 is 9.73 Å². The van der Waals surface area contributed by atoms with Gasteiger partial charge in [0.2, 0.25) is 17.7 Å². The second-order valence-corrected chi connectivity index (χ2v) is 7.06. The monoisotopic (exact) mass is 387 g/mol. The van der Waals surface area contributed by atoms with Crippen LogP contribution < -0.4 is 5.32 Å². The average Bonchev–Trinajstić information content (AvgIpc) is 3.24. The molecule has 0 radical (unpaired) electrons. The number of aromatic nitrogens is 2. The Balaban J connectivity index is 1.43. The Morgan fingerprint density at radius 3 is 2.21 bits per heavy atom. The Bertz CT molecular complexity index is 1070. The highest BCUT2D eigenvalue weighted by Gasteiger charge is 2.11. The number of nitrogens with zero attached hydrogens (tertiary/aromatic N) is 2. The summed E-state index contributed by atoms with van der Waals surface area (Å²) in [6.45, 7) is 0. The molecule has 0 spiro atoms. The first-order valence-corrected chi connectivity index (χ1v) is 9.73. The molecule has 6 heteroatoms. The van der Waals surface area contributed by atoms with Crippen molar-refractivity contribution in [2.45, 2.75) is 4.90 Å². The molecule has 0 saturated heterocycles. The lowest BCUT2D eigenvalue weighted by Crippen LogP contribution is -2.13. The Morgan fingerprint density at radius 1 is 0.821 bits per heavy atom. The molecule has 5 nitrogen and oxygen atoms in total. The van der Waals surface area contributed by atoms with Crippen LogP contribution in [-0.4, -0.2) is 21.9 Å². The summed E-state index contributed by atoms with van der Waals surface area (Å²) in [7, 11) is 0. The second-order valence-electron chi connectivity index (χ2n) is 6.01. The van der Waals surface area contributed by atoms with Crippen LogP contribution in [-0.2, 0) is 4.79 Å². The third-order valence-corrected chi connectivity index (χ3v) is 4.96. The molecule has 0 bridgehead atoms. The van der Waals surface area contributed by atoms with Gasteiger partial charge in [-0.1, -0.05) is 42.5 Å². The van der Waals surface area contributed by atoms with E-state index in [-0.39, 0.29) is 5.91 Å². The van der Waals surface area contributed by atoms with Gasteiger partial charge >= 0.3 is 0 Å². The van der Waals surface area contributed by atoms with Crippen molar-refractivity contribution in [2.75, 3.05) is 11.1 Å². The molecule has 1 N–H and O–H groups in total. The van der Waals surface area contributed by atoms with Crippen LogP contribution in [0.5, 0.6) is 0 Å². The molecule has 0 aliphatic heterocycles. The van der Waals surface area contributed by atoms with E-state index in [0.717, 1.165) is 16.0 Å². The van der Waals surface area contributed by atoms with Gasteiger partial charge in [0.05, 0.1) is 5.75 Å². The van der Waals surface area contributed by atoms with Crippen molar-refractivity contribution in [3.8, 4) is 22.9 Å². The molecule has 0 aliphatic rings. The highest BCUT2D eigenvalue weighted by Crippen LogP contribution is 2.26. The molecular formula is C22H17N3O2S. The Labute approximate surface area is 166 Å². The Hall–Kier alpha value is -3.38. The van der Waals surface area contributed by atoms with Crippen LogP contribution in [0.15, 0.2) is 94.2 Å². The topological polar surface area (TPSA) is 68.0 Å². The minimum Gasteiger partial charge on any atom is -0.416 e. The maximum atomic E-state index is 12.2. The minimum absolute atomic E-state index is 0.0680. The van der Waals surface area contributed by atoms with E-state index in [9.17, 15) is 4.79 Å². The van der Waals surface area contributed by atoms with Crippen molar-refractivity contribution in [2.24, 2.45) is 0 Å². The van der Waals surface area contributed by atoms with E-state index >= 15 is 0 Å². The molecule has 0 aliphatic carbocycles. The van der Waals surface area contributed by atoms with Crippen molar-refractivity contribution in [3.63, 3.8) is 0 Å². The zero-order valence-corrected chi connectivity index (χ0v) is 15.7. The van der Waals surface area contributed by atoms with Crippen LogP contribution in [0.3, 0.4) is 0 Å². The number of rotatable bonds is 6. The molecule has 0 saturated carbocycles. The number of hydrogen-bond donors (Lipinski definition) is 1. The second kappa shape index (κ2) is 8.54. The van der Waals surface area contributed by atoms with Crippen LogP contribution in [0.1, 0.15) is 0 Å². The van der Waals surface area contributed by atoms with Gasteiger partial charge in [0.15, 0.2) is 0 Å². The first-order valence-electron chi connectivity index (χ1n) is 8.75. The summed E-state index contributed by atoms with van der Waals surface area (Å²) in [6, 6.07) is 26.8. The van der Waals surface area contributed by atoms with Gasteiger partial charge in [-0.25, -0.2) is 0 Å². The molecule has 28 heavy (non-hydrogen) atoms. The van der Waals surface area contributed by atoms with Gasteiger partial charge in [0.1, 0.15) is 0 Å². The van der Waals surface area contributed by atoms with Crippen molar-refractivity contribution in [1.82, 2.24) is 10.2 Å². The van der Waals surface area contributed by atoms with Gasteiger partial charge in [0, 0.05) is 21.7 Å². The molecule has 138 valence electrons. The summed E-state index contributed by atoms with van der Waals surface area (Å²) in [5, 5.41) is 11.1. The third-order valence-electron chi connectivity index (χ3n) is 3.95. The highest BCUT2D eigenvalue weighted by atomic mass is 32.2. The summed E-state index contributed by atoms with van der Waals surface area (Å²) in [5.41, 5.74) is 2.31. The Morgan fingerprint density at radius 2 is 1.46 bits per heavy atom. The van der Waals surface area contributed by atoms with Crippen molar-refractivity contribution in [3.05, 3.63) is 84.9 Å². The lowest BCUT2D eigenvalue weighted by molar-refractivity contribution is -0.113. The standard InChI is InChI=1S/C22H17N3O2S/c26-20(15-28-19-12-5-2-6-13-19)23-18-11-7-10-17(14-18)22-25-24-21(27-22)16-8-3-1-4-9-16/h1-14H,15H2,(H,23,26). The fourth-order valence-corrected chi connectivity index (χ4v) is 3.35. The maximum Gasteiger partial charge on any atom is 0.248 e. The van der Waals surface area contributed by atoms with E-state index in [1.54, 1.807) is 0 Å². The van der Waals surface area contributed by atoms with E-state index in [0.29, 0.717) is 23.2 Å². The SMILES string of the molecule is O=C(CSc1ccccc1)Nc1cccc(-c2nnc(-c3ccccc3)o2)c1. The summed E-state index contributed by atoms with van der Waals surface area (Å²) < 4.78 is 5.78. The number of thioether (sulfide) groups is 1. The van der Waals surface area contributed by atoms with Crippen molar-refractivity contribution < 1.29 is 9.21 Å². The fraction of sp³-hybridized carbons (Fsp3) is 0.0455. The van der Waals surface area contributed by atoms with E-state index in [2.05, 4.69) is 15.5 Å². The summed E-state index contributed by atoms with van der Waals surface area (Å²) in [5.74, 6) is 1.15. The first kappa shape index (κ1) is 18.0. The smallest absolute Gasteiger partial charge is 0.248 e. The van der Waals surface area contributed by atoms with Gasteiger partial charge in [-0.3, -0.25) is 4.79 Å². The molecule has 4 aromatic rings. The summed E-state index contributed by atoms with van der Waals surface area (Å²) >= 11 is 1.50. The average molecular weight is 387 g/mol. The molecule has 1 heterocycles. The zero-order chi connectivity index (χ0) is 19.2. The van der Waals surface area contributed by atoms with E-state index in [4.69, 9.17) is 4.42 Å². The Kier molecular flexibility index (Phi) is 5.49. The number of nitrogens with one attached hydrogen (secondary N) is 1. The fourth-order valence-electron chi connectivity index (χ4n) is 2.63. The lowest BCUT2D eigenvalue weighted by atomic mass is 10.2. The van der Waals surface area contributed by atoms with Gasteiger partial charge in [0.25, 0.3) is 0 Å². The molecule has 3 aromatic carbocycles. The molecule has 0 unspecified atom stereocenters. The van der Waals surface area contributed by atoms with E-state index < -0.39 is 0 Å². The first-order chi connectivity index (χ1) is 13.8. The van der Waals surface area contributed by atoms with E-state index in [1.165, 1.54) is 11.8 Å². The number of benzene rings is 3. The number of anilines is 1. The molecular weight excluding hydrogens is 370 g/mol. The number of hydrogen-bond acceptors (Lipinski definition) is 5. The predicted octanol–water partition coefficient (Wildman–Crippen LogP) is 5.13. The van der Waals surface area contributed by atoms with Crippen LogP contribution in [0.2, 0.25) is 0 Å². The number of carbonyl (C=O) groups is 1. The van der Waals surface area contributed by atoms with Crippen LogP contribution in [0, 0.1) is 0 Å². The molecule has 0 atom stereocenters. The lowest BCUT2D eigenvalue weighted by Gasteiger charge is -2.06. The van der Waals surface area contributed by atoms with Gasteiger partial charge in [-0.05, 0) is 42.5 Å². The maximum absolute atomic E-state index is 12.2. The quantitative estimate of drug-likeness (QED) is 0.464. The van der Waals surface area contributed by atoms with Crippen molar-refractivity contribution >= 4 is 23.4 Å². The van der Waals surface area contributed by atoms with E-state index in [1.807, 2.05) is 84.9 Å². The van der Waals surface area contributed by atoms with Crippen LogP contribution in [0.4, 0.5) is 5.69 Å². The van der Waals surface area contributed by atoms with Crippen LogP contribution >= 0.6 is 11.8 Å². The molecule has 4 rings (SSSR count). The summed E-state index contributed by atoms with van der Waals surface area (Å²) in [6.07, 6.45) is 0. The highest BCUT2D eigenvalue weighted by molar-refractivity contribution is 8.00. The largest absolute Gasteiger partial charge is 0.416 e.